The number of carbonyl (C=O) groups is 4. The Bertz CT molecular complexity index is 1440. The SMILES string of the molecule is Cc1cc(C)c(S(=O)(=O)N[C@@H](CCCN=C(N)N)C(=O)NCC(=O)N[C@H](C(=O)O)C(Cc2ccccc2)C(=O)O)c(C)c1. The lowest BCUT2D eigenvalue weighted by atomic mass is 9.92. The average molecular weight is 619 g/mol. The number of sulfonamides is 1. The van der Waals surface area contributed by atoms with E-state index in [1.165, 1.54) is 0 Å². The van der Waals surface area contributed by atoms with E-state index in [-0.39, 0.29) is 36.7 Å². The summed E-state index contributed by atoms with van der Waals surface area (Å²) in [5.74, 6) is -6.53. The highest BCUT2D eigenvalue weighted by Gasteiger charge is 2.35. The van der Waals surface area contributed by atoms with Crippen LogP contribution in [0, 0.1) is 26.7 Å². The number of nitrogens with two attached hydrogens (primary N) is 2. The van der Waals surface area contributed by atoms with E-state index in [0.29, 0.717) is 16.7 Å². The molecule has 9 N–H and O–H groups in total. The Morgan fingerprint density at radius 3 is 2.09 bits per heavy atom. The average Bonchev–Trinajstić information content (AvgIpc) is 2.90. The first-order valence-corrected chi connectivity index (χ1v) is 14.8. The molecular weight excluding hydrogens is 580 g/mol. The Balaban J connectivity index is 2.18. The van der Waals surface area contributed by atoms with E-state index >= 15 is 0 Å². The van der Waals surface area contributed by atoms with Gasteiger partial charge in [-0.25, -0.2) is 13.2 Å². The van der Waals surface area contributed by atoms with Gasteiger partial charge in [0.15, 0.2) is 5.96 Å². The summed E-state index contributed by atoms with van der Waals surface area (Å²) in [6, 6.07) is 8.56. The second-order valence-corrected chi connectivity index (χ2v) is 11.7. The van der Waals surface area contributed by atoms with Crippen molar-refractivity contribution in [1.82, 2.24) is 15.4 Å². The number of carboxylic acid groups (broad SMARTS) is 2. The van der Waals surface area contributed by atoms with Crippen LogP contribution in [0.4, 0.5) is 0 Å². The minimum atomic E-state index is -4.19. The number of nitrogens with zero attached hydrogens (tertiary/aromatic N) is 1. The zero-order valence-electron chi connectivity index (χ0n) is 24.2. The van der Waals surface area contributed by atoms with Crippen LogP contribution >= 0.6 is 0 Å². The van der Waals surface area contributed by atoms with Crippen LogP contribution in [0.25, 0.3) is 0 Å². The fourth-order valence-corrected chi connectivity index (χ4v) is 6.33. The number of aliphatic carboxylic acids is 2. The summed E-state index contributed by atoms with van der Waals surface area (Å²) in [7, 11) is -4.19. The van der Waals surface area contributed by atoms with Gasteiger partial charge in [-0.2, -0.15) is 4.72 Å². The quantitative estimate of drug-likeness (QED) is 0.0750. The molecule has 0 aromatic heterocycles. The molecule has 2 rings (SSSR count). The first-order valence-electron chi connectivity index (χ1n) is 13.3. The molecule has 0 spiro atoms. The molecule has 15 heteroatoms. The summed E-state index contributed by atoms with van der Waals surface area (Å²) in [6.07, 6.45) is -0.00195. The number of aryl methyl sites for hydroxylation is 3. The highest BCUT2D eigenvalue weighted by molar-refractivity contribution is 7.89. The molecule has 0 heterocycles. The third-order valence-electron chi connectivity index (χ3n) is 6.46. The van der Waals surface area contributed by atoms with Crippen LogP contribution < -0.4 is 26.8 Å². The number of hydrogen-bond acceptors (Lipinski definition) is 7. The van der Waals surface area contributed by atoms with Crippen LogP contribution in [0.5, 0.6) is 0 Å². The van der Waals surface area contributed by atoms with E-state index in [4.69, 9.17) is 11.5 Å². The third-order valence-corrected chi connectivity index (χ3v) is 8.23. The number of hydrogen-bond donors (Lipinski definition) is 7. The van der Waals surface area contributed by atoms with Gasteiger partial charge < -0.3 is 32.3 Å². The lowest BCUT2D eigenvalue weighted by Gasteiger charge is -2.23. The van der Waals surface area contributed by atoms with Gasteiger partial charge in [0.2, 0.25) is 21.8 Å². The van der Waals surface area contributed by atoms with Crippen LogP contribution in [0.1, 0.15) is 35.1 Å². The first kappa shape index (κ1) is 34.7. The van der Waals surface area contributed by atoms with Gasteiger partial charge in [0.05, 0.1) is 17.4 Å². The molecule has 0 fully saturated rings. The van der Waals surface area contributed by atoms with Crippen LogP contribution in [-0.2, 0) is 35.6 Å². The first-order chi connectivity index (χ1) is 20.1. The Labute approximate surface area is 250 Å². The van der Waals surface area contributed by atoms with Gasteiger partial charge in [0, 0.05) is 6.54 Å². The number of benzene rings is 2. The van der Waals surface area contributed by atoms with Gasteiger partial charge in [-0.05, 0) is 56.7 Å². The molecule has 1 unspecified atom stereocenters. The van der Waals surface area contributed by atoms with E-state index in [9.17, 15) is 37.8 Å². The molecule has 3 atom stereocenters. The standard InChI is InChI=1S/C28H38N6O8S/c1-16-12-17(2)24(18(3)13-16)43(41,42)34-21(10-7-11-31-28(29)30)25(36)32-15-22(35)33-23(27(39)40)20(26(37)38)14-19-8-5-4-6-9-19/h4-6,8-9,12-13,20-21,23,34H,7,10-11,14-15H2,1-3H3,(H,32,36)(H,33,35)(H,37,38)(H,39,40)(H4,29,30,31)/t20?,21-,23-/m0/s1. The van der Waals surface area contributed by atoms with E-state index in [2.05, 4.69) is 20.3 Å². The second-order valence-electron chi connectivity index (χ2n) is 10.1. The molecule has 0 aliphatic rings. The van der Waals surface area contributed by atoms with Crippen molar-refractivity contribution in [3.05, 3.63) is 64.7 Å². The summed E-state index contributed by atoms with van der Waals surface area (Å²) >= 11 is 0. The molecule has 14 nitrogen and oxygen atoms in total. The molecule has 43 heavy (non-hydrogen) atoms. The molecule has 2 aromatic carbocycles. The number of carbonyl (C=O) groups excluding carboxylic acids is 2. The van der Waals surface area contributed by atoms with E-state index in [1.54, 1.807) is 56.3 Å². The largest absolute Gasteiger partial charge is 0.481 e. The number of rotatable bonds is 16. The second kappa shape index (κ2) is 15.7. The van der Waals surface area contributed by atoms with Crippen LogP contribution in [0.15, 0.2) is 52.4 Å². The fourth-order valence-electron chi connectivity index (χ4n) is 4.65. The number of amides is 2. The molecule has 0 aliphatic heterocycles. The summed E-state index contributed by atoms with van der Waals surface area (Å²) in [5.41, 5.74) is 13.0. The van der Waals surface area contributed by atoms with Gasteiger partial charge in [-0.3, -0.25) is 19.4 Å². The molecular formula is C28H38N6O8S. The normalized spacial score (nSPS) is 13.3. The van der Waals surface area contributed by atoms with Crippen molar-refractivity contribution in [1.29, 1.82) is 0 Å². The number of aliphatic imine (C=N–C) groups is 1. The molecule has 0 aliphatic carbocycles. The predicted octanol–water partition coefficient (Wildman–Crippen LogP) is -0.0585. The third kappa shape index (κ3) is 10.7. The molecule has 0 saturated carbocycles. The highest BCUT2D eigenvalue weighted by Crippen LogP contribution is 2.22. The van der Waals surface area contributed by atoms with Crippen molar-refractivity contribution < 1.29 is 37.8 Å². The van der Waals surface area contributed by atoms with Crippen LogP contribution in [0.2, 0.25) is 0 Å². The predicted molar refractivity (Wildman–Crippen MR) is 159 cm³/mol. The maximum Gasteiger partial charge on any atom is 0.327 e. The molecule has 0 bridgehead atoms. The molecule has 0 saturated heterocycles. The molecule has 2 aromatic rings. The van der Waals surface area contributed by atoms with Crippen LogP contribution in [0.3, 0.4) is 0 Å². The van der Waals surface area contributed by atoms with Gasteiger partial charge in [0.25, 0.3) is 0 Å². The number of nitrogens with one attached hydrogen (secondary N) is 3. The van der Waals surface area contributed by atoms with E-state index in [1.807, 2.05) is 6.92 Å². The highest BCUT2D eigenvalue weighted by atomic mass is 32.2. The maximum atomic E-state index is 13.3. The summed E-state index contributed by atoms with van der Waals surface area (Å²) in [4.78, 5) is 53.4. The zero-order valence-corrected chi connectivity index (χ0v) is 25.0. The van der Waals surface area contributed by atoms with Crippen LogP contribution in [-0.4, -0.2) is 73.5 Å². The van der Waals surface area contributed by atoms with Gasteiger partial charge in [-0.15, -0.1) is 0 Å². The monoisotopic (exact) mass is 618 g/mol. The Kier molecular flexibility index (Phi) is 12.6. The molecule has 0 radical (unpaired) electrons. The minimum Gasteiger partial charge on any atom is -0.481 e. The van der Waals surface area contributed by atoms with Gasteiger partial charge in [-0.1, -0.05) is 48.0 Å². The van der Waals surface area contributed by atoms with E-state index < -0.39 is 58.3 Å². The van der Waals surface area contributed by atoms with Gasteiger partial charge >= 0.3 is 11.9 Å². The number of carboxylic acids is 2. The summed E-state index contributed by atoms with van der Waals surface area (Å²) in [6.45, 7) is 4.45. The topological polar surface area (TPSA) is 243 Å². The lowest BCUT2D eigenvalue weighted by molar-refractivity contribution is -0.152. The van der Waals surface area contributed by atoms with Crippen molar-refractivity contribution in [2.45, 2.75) is 57.0 Å². The number of guanidine groups is 1. The van der Waals surface area contributed by atoms with Crippen molar-refractivity contribution in [3.8, 4) is 0 Å². The Hall–Kier alpha value is -4.50. The zero-order chi connectivity index (χ0) is 32.3. The van der Waals surface area contributed by atoms with Crippen molar-refractivity contribution in [2.75, 3.05) is 13.1 Å². The smallest absolute Gasteiger partial charge is 0.327 e. The van der Waals surface area contributed by atoms with E-state index in [0.717, 1.165) is 5.56 Å². The summed E-state index contributed by atoms with van der Waals surface area (Å²) < 4.78 is 29.0. The maximum absolute atomic E-state index is 13.3. The summed E-state index contributed by atoms with van der Waals surface area (Å²) in [5, 5.41) is 23.8. The lowest BCUT2D eigenvalue weighted by Crippen LogP contribution is -2.53. The molecule has 234 valence electrons. The Morgan fingerprint density at radius 1 is 0.953 bits per heavy atom. The van der Waals surface area contributed by atoms with Gasteiger partial charge in [0.1, 0.15) is 12.1 Å². The minimum absolute atomic E-state index is 0.0142. The Morgan fingerprint density at radius 2 is 1.56 bits per heavy atom. The molecule has 2 amide bonds. The van der Waals surface area contributed by atoms with Crippen molar-refractivity contribution >= 4 is 39.7 Å². The van der Waals surface area contributed by atoms with Crippen molar-refractivity contribution in [3.63, 3.8) is 0 Å². The fraction of sp³-hybridized carbons (Fsp3) is 0.393. The van der Waals surface area contributed by atoms with Crippen molar-refractivity contribution in [2.24, 2.45) is 22.4 Å².